The summed E-state index contributed by atoms with van der Waals surface area (Å²) in [6.45, 7) is 3.96. The second-order valence-electron chi connectivity index (χ2n) is 6.07. The first-order valence-electron chi connectivity index (χ1n) is 7.65. The van der Waals surface area contributed by atoms with Crippen molar-refractivity contribution in [3.8, 4) is 0 Å². The predicted octanol–water partition coefficient (Wildman–Crippen LogP) is 2.14. The summed E-state index contributed by atoms with van der Waals surface area (Å²) < 4.78 is 29.9. The van der Waals surface area contributed by atoms with Crippen LogP contribution in [0.15, 0.2) is 29.2 Å². The van der Waals surface area contributed by atoms with E-state index in [1.165, 1.54) is 0 Å². The van der Waals surface area contributed by atoms with Gasteiger partial charge in [-0.1, -0.05) is 18.2 Å². The van der Waals surface area contributed by atoms with E-state index in [0.29, 0.717) is 23.9 Å². The molecule has 2 heterocycles. The second-order valence-corrected chi connectivity index (χ2v) is 7.94. The van der Waals surface area contributed by atoms with Crippen LogP contribution in [-0.2, 0) is 17.1 Å². The van der Waals surface area contributed by atoms with Crippen LogP contribution in [-0.4, -0.2) is 44.0 Å². The summed E-state index contributed by atoms with van der Waals surface area (Å²) in [4.78, 5) is 0.468. The van der Waals surface area contributed by atoms with Crippen molar-refractivity contribution in [2.45, 2.75) is 18.2 Å². The van der Waals surface area contributed by atoms with Crippen molar-refractivity contribution < 1.29 is 8.42 Å². The van der Waals surface area contributed by atoms with E-state index in [4.69, 9.17) is 0 Å². The molecule has 3 rings (SSSR count). The molecule has 7 heteroatoms. The lowest BCUT2D eigenvalue weighted by molar-refractivity contribution is 0.451. The van der Waals surface area contributed by atoms with Crippen molar-refractivity contribution in [3.05, 3.63) is 30.0 Å². The van der Waals surface area contributed by atoms with Crippen LogP contribution in [0.4, 0.5) is 0 Å². The Morgan fingerprint density at radius 3 is 2.70 bits per heavy atom. The van der Waals surface area contributed by atoms with E-state index in [1.807, 2.05) is 49.9 Å². The van der Waals surface area contributed by atoms with Crippen LogP contribution in [0, 0.1) is 12.8 Å². The van der Waals surface area contributed by atoms with Gasteiger partial charge in [-0.25, -0.2) is 8.42 Å². The number of aryl methyl sites for hydroxylation is 1. The molecule has 0 aliphatic carbocycles. The molecule has 0 bridgehead atoms. The molecule has 1 N–H and O–H groups in total. The number of halogens is 1. The molecule has 1 atom stereocenters. The molecule has 0 radical (unpaired) electrons. The number of aromatic nitrogens is 1. The van der Waals surface area contributed by atoms with E-state index in [1.54, 1.807) is 4.31 Å². The zero-order valence-electron chi connectivity index (χ0n) is 13.7. The molecule has 128 valence electrons. The number of benzene rings is 1. The van der Waals surface area contributed by atoms with Crippen LogP contribution in [0.2, 0.25) is 0 Å². The average molecular weight is 358 g/mol. The number of nitrogens with zero attached hydrogens (tertiary/aromatic N) is 2. The van der Waals surface area contributed by atoms with E-state index >= 15 is 0 Å². The van der Waals surface area contributed by atoms with Gasteiger partial charge in [0.15, 0.2) is 0 Å². The number of para-hydroxylation sites is 1. The fourth-order valence-electron chi connectivity index (χ4n) is 3.41. The van der Waals surface area contributed by atoms with Crippen molar-refractivity contribution in [3.63, 3.8) is 0 Å². The molecule has 1 aliphatic rings. The van der Waals surface area contributed by atoms with Crippen LogP contribution in [0.25, 0.3) is 10.9 Å². The van der Waals surface area contributed by atoms with Gasteiger partial charge in [-0.3, -0.25) is 0 Å². The maximum atomic E-state index is 13.1. The third kappa shape index (κ3) is 3.01. The van der Waals surface area contributed by atoms with E-state index in [9.17, 15) is 8.42 Å². The number of rotatable bonds is 4. The summed E-state index contributed by atoms with van der Waals surface area (Å²) in [6, 6.07) is 7.71. The third-order valence-corrected chi connectivity index (χ3v) is 6.72. The van der Waals surface area contributed by atoms with E-state index in [-0.39, 0.29) is 12.4 Å². The lowest BCUT2D eigenvalue weighted by Gasteiger charge is -2.17. The minimum atomic E-state index is -3.44. The first-order chi connectivity index (χ1) is 10.5. The molecule has 2 aromatic rings. The molecule has 0 saturated carbocycles. The van der Waals surface area contributed by atoms with Gasteiger partial charge in [0.2, 0.25) is 10.0 Å². The normalized spacial score (nSPS) is 19.2. The standard InChI is InChI=1S/C16H23N3O2S.ClH/c1-12-16(14-6-4-5-7-15(14)18(12)3)22(20,21)19-9-8-13(11-19)10-17-2;/h4-7,13,17H,8-11H2,1-3H3;1H. The maximum absolute atomic E-state index is 13.1. The number of nitrogens with one attached hydrogen (secondary N) is 1. The molecule has 1 aromatic heterocycles. The van der Waals surface area contributed by atoms with Crippen LogP contribution in [0.3, 0.4) is 0 Å². The highest BCUT2D eigenvalue weighted by atomic mass is 35.5. The van der Waals surface area contributed by atoms with Gasteiger partial charge in [0.25, 0.3) is 0 Å². The van der Waals surface area contributed by atoms with Crippen molar-refractivity contribution in [2.24, 2.45) is 13.0 Å². The van der Waals surface area contributed by atoms with Gasteiger partial charge in [-0.15, -0.1) is 12.4 Å². The second kappa shape index (κ2) is 6.81. The molecule has 1 unspecified atom stereocenters. The zero-order chi connectivity index (χ0) is 15.9. The molecule has 0 spiro atoms. The van der Waals surface area contributed by atoms with Gasteiger partial charge in [0.1, 0.15) is 4.90 Å². The van der Waals surface area contributed by atoms with E-state index in [2.05, 4.69) is 5.32 Å². The lowest BCUT2D eigenvalue weighted by atomic mass is 10.1. The monoisotopic (exact) mass is 357 g/mol. The summed E-state index contributed by atoms with van der Waals surface area (Å²) in [7, 11) is 0.388. The summed E-state index contributed by atoms with van der Waals surface area (Å²) >= 11 is 0. The van der Waals surface area contributed by atoms with Crippen LogP contribution < -0.4 is 5.32 Å². The average Bonchev–Trinajstić information content (AvgIpc) is 3.05. The minimum absolute atomic E-state index is 0. The quantitative estimate of drug-likeness (QED) is 0.912. The van der Waals surface area contributed by atoms with Gasteiger partial charge in [-0.05, 0) is 38.9 Å². The smallest absolute Gasteiger partial charge is 0.245 e. The summed E-state index contributed by atoms with van der Waals surface area (Å²) in [5.41, 5.74) is 1.77. The topological polar surface area (TPSA) is 54.3 Å². The molecule has 1 saturated heterocycles. The lowest BCUT2D eigenvalue weighted by Crippen LogP contribution is -2.30. The van der Waals surface area contributed by atoms with Crippen molar-refractivity contribution in [2.75, 3.05) is 26.7 Å². The maximum Gasteiger partial charge on any atom is 0.245 e. The van der Waals surface area contributed by atoms with Gasteiger partial charge < -0.3 is 9.88 Å². The molecule has 1 aromatic carbocycles. The number of sulfonamides is 1. The summed E-state index contributed by atoms with van der Waals surface area (Å²) in [6.07, 6.45) is 0.921. The number of hydrogen-bond acceptors (Lipinski definition) is 3. The minimum Gasteiger partial charge on any atom is -0.347 e. The largest absolute Gasteiger partial charge is 0.347 e. The Labute approximate surface area is 144 Å². The number of hydrogen-bond donors (Lipinski definition) is 1. The number of fused-ring (bicyclic) bond motifs is 1. The van der Waals surface area contributed by atoms with Crippen LogP contribution in [0.1, 0.15) is 12.1 Å². The van der Waals surface area contributed by atoms with E-state index in [0.717, 1.165) is 29.6 Å². The molecule has 23 heavy (non-hydrogen) atoms. The zero-order valence-corrected chi connectivity index (χ0v) is 15.4. The fourth-order valence-corrected chi connectivity index (χ4v) is 5.38. The fraction of sp³-hybridized carbons (Fsp3) is 0.500. The van der Waals surface area contributed by atoms with Gasteiger partial charge >= 0.3 is 0 Å². The van der Waals surface area contributed by atoms with E-state index < -0.39 is 10.0 Å². The molecule has 5 nitrogen and oxygen atoms in total. The summed E-state index contributed by atoms with van der Waals surface area (Å²) in [5, 5.41) is 3.96. The third-order valence-electron chi connectivity index (χ3n) is 4.68. The van der Waals surface area contributed by atoms with Crippen molar-refractivity contribution >= 4 is 33.3 Å². The first kappa shape index (κ1) is 18.3. The molecule has 0 amide bonds. The Hall–Kier alpha value is -1.08. The SMILES string of the molecule is CNCC1CCN(S(=O)(=O)c2c(C)n(C)c3ccccc23)C1.Cl. The van der Waals surface area contributed by atoms with Crippen LogP contribution >= 0.6 is 12.4 Å². The molecular formula is C16H24ClN3O2S. The highest BCUT2D eigenvalue weighted by Gasteiger charge is 2.35. The first-order valence-corrected chi connectivity index (χ1v) is 9.09. The van der Waals surface area contributed by atoms with Gasteiger partial charge in [-0.2, -0.15) is 4.31 Å². The Kier molecular flexibility index (Phi) is 5.41. The molecular weight excluding hydrogens is 334 g/mol. The molecule has 1 fully saturated rings. The van der Waals surface area contributed by atoms with Gasteiger partial charge in [0, 0.05) is 36.7 Å². The Bertz CT molecular complexity index is 801. The Balaban J connectivity index is 0.00000192. The van der Waals surface area contributed by atoms with Crippen molar-refractivity contribution in [1.29, 1.82) is 0 Å². The highest BCUT2D eigenvalue weighted by molar-refractivity contribution is 7.89. The van der Waals surface area contributed by atoms with Crippen LogP contribution in [0.5, 0.6) is 0 Å². The Morgan fingerprint density at radius 2 is 2.00 bits per heavy atom. The Morgan fingerprint density at radius 1 is 1.30 bits per heavy atom. The molecule has 1 aliphatic heterocycles. The van der Waals surface area contributed by atoms with Crippen molar-refractivity contribution in [1.82, 2.24) is 14.2 Å². The van der Waals surface area contributed by atoms with Gasteiger partial charge in [0.05, 0.1) is 0 Å². The summed E-state index contributed by atoms with van der Waals surface area (Å²) in [5.74, 6) is 0.398. The highest BCUT2D eigenvalue weighted by Crippen LogP contribution is 2.33. The predicted molar refractivity (Wildman–Crippen MR) is 95.7 cm³/mol.